The molecule has 2 fully saturated rings. The van der Waals surface area contributed by atoms with E-state index in [1.54, 1.807) is 4.90 Å². The van der Waals surface area contributed by atoms with Crippen molar-refractivity contribution in [2.75, 3.05) is 39.4 Å². The zero-order valence-electron chi connectivity index (χ0n) is 21.0. The van der Waals surface area contributed by atoms with Gasteiger partial charge in [-0.05, 0) is 55.0 Å². The van der Waals surface area contributed by atoms with Crippen LogP contribution in [0.2, 0.25) is 0 Å². The minimum absolute atomic E-state index is 0.0472. The van der Waals surface area contributed by atoms with E-state index < -0.39 is 0 Å². The third-order valence-electron chi connectivity index (χ3n) is 7.16. The van der Waals surface area contributed by atoms with Crippen LogP contribution in [-0.2, 0) is 27.3 Å². The van der Waals surface area contributed by atoms with Gasteiger partial charge >= 0.3 is 0 Å². The number of rotatable bonds is 11. The number of hydrogen-bond donors (Lipinski definition) is 2. The molecule has 2 amide bonds. The summed E-state index contributed by atoms with van der Waals surface area (Å²) in [5.74, 6) is -0.0340. The minimum atomic E-state index is -0.384. The molecule has 35 heavy (non-hydrogen) atoms. The van der Waals surface area contributed by atoms with Gasteiger partial charge in [0.05, 0.1) is 19.3 Å². The molecule has 0 spiro atoms. The van der Waals surface area contributed by atoms with Crippen LogP contribution in [0.25, 0.3) is 5.03 Å². The Balaban J connectivity index is 1.26. The number of unbranched alkanes of at least 4 members (excludes halogenated alkanes) is 1. The molecular formula is C27H39ClN4O3. The molecule has 2 atom stereocenters. The summed E-state index contributed by atoms with van der Waals surface area (Å²) in [6.07, 6.45) is 6.41. The first-order chi connectivity index (χ1) is 16.9. The lowest BCUT2D eigenvalue weighted by molar-refractivity contribution is -0.149. The first-order valence-electron chi connectivity index (χ1n) is 13.0. The third kappa shape index (κ3) is 6.85. The summed E-state index contributed by atoms with van der Waals surface area (Å²) >= 11 is 6.28. The van der Waals surface area contributed by atoms with Crippen molar-refractivity contribution >= 4 is 28.4 Å². The van der Waals surface area contributed by atoms with Crippen molar-refractivity contribution in [1.82, 2.24) is 20.4 Å². The zero-order valence-corrected chi connectivity index (χ0v) is 21.8. The quantitative estimate of drug-likeness (QED) is 0.455. The number of halogens is 1. The Kier molecular flexibility index (Phi) is 9.22. The second kappa shape index (κ2) is 12.3. The number of ether oxygens (including phenoxy) is 1. The predicted molar refractivity (Wildman–Crippen MR) is 139 cm³/mol. The van der Waals surface area contributed by atoms with Gasteiger partial charge in [0.2, 0.25) is 11.8 Å². The van der Waals surface area contributed by atoms with E-state index in [4.69, 9.17) is 16.3 Å². The Hall–Kier alpha value is -1.93. The Morgan fingerprint density at radius 3 is 2.69 bits per heavy atom. The molecule has 0 saturated carbocycles. The summed E-state index contributed by atoms with van der Waals surface area (Å²) in [5, 5.41) is 7.24. The number of amides is 2. The highest BCUT2D eigenvalue weighted by atomic mass is 35.5. The number of nitrogens with one attached hydrogen (secondary N) is 2. The summed E-state index contributed by atoms with van der Waals surface area (Å²) in [6, 6.07) is 5.72. The molecule has 192 valence electrons. The molecule has 2 aliphatic heterocycles. The van der Waals surface area contributed by atoms with Crippen molar-refractivity contribution in [2.24, 2.45) is 0 Å². The normalized spacial score (nSPS) is 20.9. The number of hydrogen-bond acceptors (Lipinski definition) is 5. The monoisotopic (exact) mass is 502 g/mol. The van der Waals surface area contributed by atoms with Crippen LogP contribution in [0.1, 0.15) is 56.2 Å². The van der Waals surface area contributed by atoms with Crippen molar-refractivity contribution in [3.8, 4) is 0 Å². The Labute approximate surface area is 214 Å². The van der Waals surface area contributed by atoms with Gasteiger partial charge in [-0.1, -0.05) is 50.1 Å². The molecule has 0 aromatic heterocycles. The van der Waals surface area contributed by atoms with Crippen LogP contribution in [0.4, 0.5) is 0 Å². The highest BCUT2D eigenvalue weighted by Gasteiger charge is 2.40. The number of morpholine rings is 1. The first kappa shape index (κ1) is 26.1. The summed E-state index contributed by atoms with van der Waals surface area (Å²) in [7, 11) is 0. The molecule has 7 nitrogen and oxygen atoms in total. The molecule has 0 radical (unpaired) electrons. The van der Waals surface area contributed by atoms with Crippen LogP contribution in [0.15, 0.2) is 24.3 Å². The average molecular weight is 503 g/mol. The molecule has 2 N–H and O–H groups in total. The lowest BCUT2D eigenvalue weighted by atomic mass is 9.98. The molecular weight excluding hydrogens is 464 g/mol. The van der Waals surface area contributed by atoms with Crippen molar-refractivity contribution in [2.45, 2.75) is 70.6 Å². The van der Waals surface area contributed by atoms with Gasteiger partial charge in [-0.15, -0.1) is 0 Å². The standard InChI is InChI=1S/C27H39ClN4O3/c1-19(2)30-24(5-3-4-11-31-13-15-35-16-14-31)27(34)32-12-10-25(32)26(33)29-18-20-6-7-21-8-9-23(28)22(21)17-20/h6-7,9,17,19,24-25,30H,3-5,8,10-16,18H2,1-2H3,(H,29,33)/t24-,25+/m1/s1. The molecule has 2 heterocycles. The summed E-state index contributed by atoms with van der Waals surface area (Å²) in [6.45, 7) is 9.85. The van der Waals surface area contributed by atoms with Gasteiger partial charge < -0.3 is 20.3 Å². The maximum absolute atomic E-state index is 13.3. The highest BCUT2D eigenvalue weighted by molar-refractivity contribution is 6.49. The summed E-state index contributed by atoms with van der Waals surface area (Å²) in [5.41, 5.74) is 3.28. The molecule has 8 heteroatoms. The lowest BCUT2D eigenvalue weighted by Gasteiger charge is -2.42. The Morgan fingerprint density at radius 1 is 1.17 bits per heavy atom. The second-order valence-corrected chi connectivity index (χ2v) is 10.5. The SMILES string of the molecule is CC(C)N[C@H](CCCCN1CCOCC1)C(=O)N1CC[C@H]1C(=O)NCc1ccc2c(c1)C(Cl)=CC2. The fourth-order valence-electron chi connectivity index (χ4n) is 5.06. The molecule has 1 aromatic carbocycles. The van der Waals surface area contributed by atoms with E-state index in [9.17, 15) is 9.59 Å². The lowest BCUT2D eigenvalue weighted by Crippen LogP contribution is -2.62. The molecule has 0 unspecified atom stereocenters. The number of carbonyl (C=O) groups is 2. The number of fused-ring (bicyclic) bond motifs is 1. The number of likely N-dealkylation sites (tertiary alicyclic amines) is 1. The fraction of sp³-hybridized carbons (Fsp3) is 0.630. The van der Waals surface area contributed by atoms with Crippen molar-refractivity contribution < 1.29 is 14.3 Å². The predicted octanol–water partition coefficient (Wildman–Crippen LogP) is 2.91. The number of benzene rings is 1. The largest absolute Gasteiger partial charge is 0.379 e. The fourth-order valence-corrected chi connectivity index (χ4v) is 5.32. The summed E-state index contributed by atoms with van der Waals surface area (Å²) in [4.78, 5) is 30.4. The van der Waals surface area contributed by atoms with E-state index >= 15 is 0 Å². The van der Waals surface area contributed by atoms with E-state index in [1.807, 2.05) is 18.2 Å². The zero-order chi connectivity index (χ0) is 24.8. The van der Waals surface area contributed by atoms with Gasteiger partial charge in [0.25, 0.3) is 0 Å². The summed E-state index contributed by atoms with van der Waals surface area (Å²) < 4.78 is 5.42. The van der Waals surface area contributed by atoms with E-state index in [1.165, 1.54) is 5.56 Å². The maximum Gasteiger partial charge on any atom is 0.243 e. The molecule has 0 bridgehead atoms. The molecule has 1 aliphatic carbocycles. The topological polar surface area (TPSA) is 73.9 Å². The van der Waals surface area contributed by atoms with E-state index in [0.29, 0.717) is 19.5 Å². The highest BCUT2D eigenvalue weighted by Crippen LogP contribution is 2.31. The van der Waals surface area contributed by atoms with Crippen LogP contribution < -0.4 is 10.6 Å². The maximum atomic E-state index is 13.3. The smallest absolute Gasteiger partial charge is 0.243 e. The average Bonchev–Trinajstić information content (AvgIpc) is 3.19. The molecule has 1 aromatic rings. The van der Waals surface area contributed by atoms with Gasteiger partial charge in [0.15, 0.2) is 0 Å². The molecule has 3 aliphatic rings. The van der Waals surface area contributed by atoms with Gasteiger partial charge in [-0.25, -0.2) is 0 Å². The number of nitrogens with zero attached hydrogens (tertiary/aromatic N) is 2. The van der Waals surface area contributed by atoms with E-state index in [0.717, 1.165) is 74.7 Å². The van der Waals surface area contributed by atoms with Gasteiger partial charge in [-0.3, -0.25) is 14.5 Å². The minimum Gasteiger partial charge on any atom is -0.379 e. The number of allylic oxidation sites excluding steroid dienone is 1. The first-order valence-corrected chi connectivity index (χ1v) is 13.4. The van der Waals surface area contributed by atoms with E-state index in [2.05, 4.69) is 35.4 Å². The van der Waals surface area contributed by atoms with Crippen molar-refractivity contribution in [3.63, 3.8) is 0 Å². The van der Waals surface area contributed by atoms with Crippen LogP contribution in [-0.4, -0.2) is 79.1 Å². The van der Waals surface area contributed by atoms with Crippen LogP contribution in [0.5, 0.6) is 0 Å². The van der Waals surface area contributed by atoms with Crippen molar-refractivity contribution in [3.05, 3.63) is 41.0 Å². The van der Waals surface area contributed by atoms with Crippen molar-refractivity contribution in [1.29, 1.82) is 0 Å². The van der Waals surface area contributed by atoms with Gasteiger partial charge in [-0.2, -0.15) is 0 Å². The number of carbonyl (C=O) groups excluding carboxylic acids is 2. The second-order valence-electron chi connectivity index (χ2n) is 10.1. The Bertz CT molecular complexity index is 929. The third-order valence-corrected chi connectivity index (χ3v) is 7.52. The van der Waals surface area contributed by atoms with Gasteiger partial charge in [0, 0.05) is 37.3 Å². The molecule has 4 rings (SSSR count). The Morgan fingerprint density at radius 2 is 1.97 bits per heavy atom. The van der Waals surface area contributed by atoms with E-state index in [-0.39, 0.29) is 29.9 Å². The molecule has 2 saturated heterocycles. The van der Waals surface area contributed by atoms with Crippen LogP contribution in [0, 0.1) is 0 Å². The van der Waals surface area contributed by atoms with Gasteiger partial charge in [0.1, 0.15) is 6.04 Å². The van der Waals surface area contributed by atoms with Crippen LogP contribution in [0.3, 0.4) is 0 Å². The van der Waals surface area contributed by atoms with Crippen LogP contribution >= 0.6 is 11.6 Å².